The van der Waals surface area contributed by atoms with Crippen LogP contribution in [0.4, 0.5) is 10.1 Å². The van der Waals surface area contributed by atoms with Gasteiger partial charge in [0.15, 0.2) is 0 Å². The lowest BCUT2D eigenvalue weighted by Gasteiger charge is -2.09. The van der Waals surface area contributed by atoms with E-state index in [1.807, 2.05) is 0 Å². The lowest BCUT2D eigenvalue weighted by molar-refractivity contribution is 0.333. The van der Waals surface area contributed by atoms with Crippen LogP contribution >= 0.6 is 23.2 Å². The minimum absolute atomic E-state index is 0.268. The Morgan fingerprint density at radius 1 is 1.05 bits per heavy atom. The summed E-state index contributed by atoms with van der Waals surface area (Å²) in [6, 6.07) is 11.4. The Bertz CT molecular complexity index is 563. The zero-order chi connectivity index (χ0) is 13.7. The Morgan fingerprint density at radius 2 is 1.89 bits per heavy atom. The van der Waals surface area contributed by atoms with E-state index in [-0.39, 0.29) is 5.82 Å². The number of benzene rings is 2. The number of hydrogen-bond acceptors (Lipinski definition) is 2. The molecule has 19 heavy (non-hydrogen) atoms. The largest absolute Gasteiger partial charge is 0.492 e. The lowest BCUT2D eigenvalue weighted by Crippen LogP contribution is -2.11. The molecule has 0 unspecified atom stereocenters. The molecular formula is C14H12Cl2FNO. The van der Waals surface area contributed by atoms with Crippen molar-refractivity contribution in [3.05, 3.63) is 58.3 Å². The van der Waals surface area contributed by atoms with Crippen molar-refractivity contribution in [2.24, 2.45) is 0 Å². The molecule has 0 saturated carbocycles. The van der Waals surface area contributed by atoms with Gasteiger partial charge in [-0.05, 0) is 30.3 Å². The number of hydrogen-bond donors (Lipinski definition) is 1. The Hall–Kier alpha value is -1.45. The first-order valence-electron chi connectivity index (χ1n) is 5.72. The molecule has 0 heterocycles. The molecule has 0 bridgehead atoms. The first-order chi connectivity index (χ1) is 9.15. The Balaban J connectivity index is 1.79. The van der Waals surface area contributed by atoms with Gasteiger partial charge >= 0.3 is 0 Å². The predicted molar refractivity (Wildman–Crippen MR) is 76.8 cm³/mol. The first kappa shape index (κ1) is 14.0. The van der Waals surface area contributed by atoms with E-state index >= 15 is 0 Å². The van der Waals surface area contributed by atoms with Gasteiger partial charge in [-0.15, -0.1) is 0 Å². The number of nitrogens with one attached hydrogen (secondary N) is 1. The van der Waals surface area contributed by atoms with E-state index in [4.69, 9.17) is 27.9 Å². The molecule has 5 heteroatoms. The van der Waals surface area contributed by atoms with E-state index in [1.165, 1.54) is 12.1 Å². The molecular weight excluding hydrogens is 288 g/mol. The van der Waals surface area contributed by atoms with Crippen molar-refractivity contribution in [3.8, 4) is 5.75 Å². The number of ether oxygens (including phenoxy) is 1. The van der Waals surface area contributed by atoms with Crippen molar-refractivity contribution in [2.75, 3.05) is 18.5 Å². The third kappa shape index (κ3) is 4.30. The molecule has 0 spiro atoms. The molecule has 2 aromatic carbocycles. The second-order valence-electron chi connectivity index (χ2n) is 3.86. The van der Waals surface area contributed by atoms with Crippen LogP contribution in [-0.4, -0.2) is 13.2 Å². The zero-order valence-corrected chi connectivity index (χ0v) is 11.5. The van der Waals surface area contributed by atoms with Crippen LogP contribution in [0.2, 0.25) is 10.0 Å². The summed E-state index contributed by atoms with van der Waals surface area (Å²) in [6.07, 6.45) is 0. The Morgan fingerprint density at radius 3 is 2.63 bits per heavy atom. The van der Waals surface area contributed by atoms with Crippen molar-refractivity contribution < 1.29 is 9.13 Å². The van der Waals surface area contributed by atoms with Gasteiger partial charge in [0.1, 0.15) is 18.2 Å². The van der Waals surface area contributed by atoms with Crippen molar-refractivity contribution in [2.45, 2.75) is 0 Å². The topological polar surface area (TPSA) is 21.3 Å². The summed E-state index contributed by atoms with van der Waals surface area (Å²) in [5, 5.41) is 4.01. The molecule has 0 saturated heterocycles. The fourth-order valence-corrected chi connectivity index (χ4v) is 1.82. The summed E-state index contributed by atoms with van der Waals surface area (Å²) in [4.78, 5) is 0. The molecule has 0 aliphatic carbocycles. The highest BCUT2D eigenvalue weighted by Gasteiger charge is 2.00. The fraction of sp³-hybridized carbons (Fsp3) is 0.143. The third-order valence-electron chi connectivity index (χ3n) is 2.42. The van der Waals surface area contributed by atoms with Crippen LogP contribution in [0.25, 0.3) is 0 Å². The summed E-state index contributed by atoms with van der Waals surface area (Å²) in [5.41, 5.74) is 0.720. The maximum Gasteiger partial charge on any atom is 0.125 e. The van der Waals surface area contributed by atoms with Crippen molar-refractivity contribution in [1.29, 1.82) is 0 Å². The maximum atomic E-state index is 12.9. The summed E-state index contributed by atoms with van der Waals surface area (Å²) in [5.74, 6) is 0.380. The highest BCUT2D eigenvalue weighted by Crippen LogP contribution is 2.26. The molecule has 0 aliphatic rings. The molecule has 0 amide bonds. The fourth-order valence-electron chi connectivity index (χ4n) is 1.53. The van der Waals surface area contributed by atoms with Gasteiger partial charge in [0.2, 0.25) is 0 Å². The second-order valence-corrected chi connectivity index (χ2v) is 4.68. The normalized spacial score (nSPS) is 10.3. The van der Waals surface area contributed by atoms with E-state index in [9.17, 15) is 4.39 Å². The average Bonchev–Trinajstić information content (AvgIpc) is 2.39. The Kier molecular flexibility index (Phi) is 4.88. The number of anilines is 1. The van der Waals surface area contributed by atoms with Crippen LogP contribution in [0, 0.1) is 5.82 Å². The average molecular weight is 300 g/mol. The molecule has 2 aromatic rings. The van der Waals surface area contributed by atoms with Crippen LogP contribution in [0.5, 0.6) is 5.75 Å². The smallest absolute Gasteiger partial charge is 0.125 e. The van der Waals surface area contributed by atoms with E-state index in [0.717, 1.165) is 5.69 Å². The third-order valence-corrected chi connectivity index (χ3v) is 3.15. The Labute approximate surface area is 121 Å². The van der Waals surface area contributed by atoms with Crippen LogP contribution in [0.15, 0.2) is 42.5 Å². The monoisotopic (exact) mass is 299 g/mol. The van der Waals surface area contributed by atoms with Gasteiger partial charge in [0, 0.05) is 18.3 Å². The molecule has 0 atom stereocenters. The molecule has 0 radical (unpaired) electrons. The second kappa shape index (κ2) is 6.64. The lowest BCUT2D eigenvalue weighted by atomic mass is 10.3. The maximum absolute atomic E-state index is 12.9. The van der Waals surface area contributed by atoms with Crippen molar-refractivity contribution >= 4 is 28.9 Å². The predicted octanol–water partition coefficient (Wildman–Crippen LogP) is 4.62. The highest BCUT2D eigenvalue weighted by molar-refractivity contribution is 6.42. The van der Waals surface area contributed by atoms with Gasteiger partial charge in [0.05, 0.1) is 10.0 Å². The minimum atomic E-state index is -0.268. The summed E-state index contributed by atoms with van der Waals surface area (Å²) < 4.78 is 18.4. The molecule has 1 N–H and O–H groups in total. The highest BCUT2D eigenvalue weighted by atomic mass is 35.5. The van der Waals surface area contributed by atoms with Gasteiger partial charge in [-0.2, -0.15) is 0 Å². The van der Waals surface area contributed by atoms with Gasteiger partial charge in [-0.3, -0.25) is 0 Å². The first-order valence-corrected chi connectivity index (χ1v) is 6.48. The van der Waals surface area contributed by atoms with Crippen LogP contribution in [0.3, 0.4) is 0 Å². The van der Waals surface area contributed by atoms with E-state index in [0.29, 0.717) is 28.9 Å². The van der Waals surface area contributed by atoms with Gasteiger partial charge < -0.3 is 10.1 Å². The molecule has 0 aliphatic heterocycles. The number of rotatable bonds is 5. The van der Waals surface area contributed by atoms with Crippen LogP contribution in [-0.2, 0) is 0 Å². The van der Waals surface area contributed by atoms with Crippen LogP contribution < -0.4 is 10.1 Å². The standard InChI is InChI=1S/C14H12Cl2FNO/c15-13-5-4-12(9-14(13)16)19-7-6-18-11-3-1-2-10(17)8-11/h1-5,8-9,18H,6-7H2. The molecule has 100 valence electrons. The van der Waals surface area contributed by atoms with Gasteiger partial charge in [-0.1, -0.05) is 29.3 Å². The molecule has 0 fully saturated rings. The van der Waals surface area contributed by atoms with Gasteiger partial charge in [-0.25, -0.2) is 4.39 Å². The van der Waals surface area contributed by atoms with Crippen molar-refractivity contribution in [3.63, 3.8) is 0 Å². The summed E-state index contributed by atoms with van der Waals surface area (Å²) in [7, 11) is 0. The van der Waals surface area contributed by atoms with Gasteiger partial charge in [0.25, 0.3) is 0 Å². The van der Waals surface area contributed by atoms with Crippen molar-refractivity contribution in [1.82, 2.24) is 0 Å². The van der Waals surface area contributed by atoms with E-state index in [1.54, 1.807) is 30.3 Å². The van der Waals surface area contributed by atoms with Crippen LogP contribution in [0.1, 0.15) is 0 Å². The molecule has 2 nitrogen and oxygen atoms in total. The van der Waals surface area contributed by atoms with E-state index in [2.05, 4.69) is 5.32 Å². The SMILES string of the molecule is Fc1cccc(NCCOc2ccc(Cl)c(Cl)c2)c1. The van der Waals surface area contributed by atoms with E-state index < -0.39 is 0 Å². The quantitative estimate of drug-likeness (QED) is 0.813. The number of halogens is 3. The zero-order valence-electron chi connectivity index (χ0n) is 10.00. The minimum Gasteiger partial charge on any atom is -0.492 e. The summed E-state index contributed by atoms with van der Waals surface area (Å²) >= 11 is 11.7. The summed E-state index contributed by atoms with van der Waals surface area (Å²) in [6.45, 7) is 0.998. The molecule has 2 rings (SSSR count). The molecule has 0 aromatic heterocycles.